The summed E-state index contributed by atoms with van der Waals surface area (Å²) in [5.41, 5.74) is 4.90. The molecule has 0 bridgehead atoms. The minimum Gasteiger partial charge on any atom is -0.325 e. The molecule has 0 radical (unpaired) electrons. The van der Waals surface area contributed by atoms with Gasteiger partial charge in [0.25, 0.3) is 0 Å². The van der Waals surface area contributed by atoms with E-state index in [2.05, 4.69) is 12.2 Å². The molecular weight excluding hydrogens is 106 g/mol. The second kappa shape index (κ2) is 2.57. The Morgan fingerprint density at radius 1 is 2.00 bits per heavy atom. The van der Waals surface area contributed by atoms with Crippen molar-refractivity contribution in [1.29, 1.82) is 0 Å². The molecule has 0 aromatic rings. The molecule has 0 amide bonds. The predicted molar refractivity (Wildman–Crippen MR) is 27.5 cm³/mol. The van der Waals surface area contributed by atoms with Crippen molar-refractivity contribution in [2.24, 2.45) is 5.73 Å². The first-order chi connectivity index (χ1) is 2.27. The van der Waals surface area contributed by atoms with Crippen molar-refractivity contribution in [2.45, 2.75) is 0 Å². The van der Waals surface area contributed by atoms with Gasteiger partial charge in [0.05, 0.1) is 4.32 Å². The highest BCUT2D eigenvalue weighted by Crippen LogP contribution is 1.75. The van der Waals surface area contributed by atoms with E-state index in [0.717, 1.165) is 0 Å². The zero-order valence-electron chi connectivity index (χ0n) is 2.57. The topological polar surface area (TPSA) is 26.0 Å². The summed E-state index contributed by atoms with van der Waals surface area (Å²) in [5, 5.41) is 0. The van der Waals surface area contributed by atoms with Crippen LogP contribution >= 0.6 is 23.8 Å². The second-order valence-electron chi connectivity index (χ2n) is 0.559. The summed E-state index contributed by atoms with van der Waals surface area (Å²) in [6, 6.07) is 0. The molecule has 5 heavy (non-hydrogen) atoms. The lowest BCUT2D eigenvalue weighted by molar-refractivity contribution is 1.35. The minimum atomic E-state index is 0.302. The molecule has 0 aliphatic carbocycles. The van der Waals surface area contributed by atoms with Crippen LogP contribution in [0.15, 0.2) is 0 Å². The van der Waals surface area contributed by atoms with Crippen LogP contribution in [0.25, 0.3) is 0 Å². The zero-order valence-corrected chi connectivity index (χ0v) is 4.14. The van der Waals surface area contributed by atoms with Crippen LogP contribution in [0.3, 0.4) is 0 Å². The maximum atomic E-state index is 5.07. The summed E-state index contributed by atoms with van der Waals surface area (Å²) in [4.78, 5) is 0. The first-order valence-corrected chi connectivity index (χ1v) is 1.94. The van der Waals surface area contributed by atoms with Crippen LogP contribution in [0.2, 0.25) is 0 Å². The molecule has 1 nitrogen and oxygen atoms in total. The van der Waals surface area contributed by atoms with Crippen LogP contribution in [-0.4, -0.2) is 10.9 Å². The normalized spacial score (nSPS) is 7.60. The summed E-state index contributed by atoms with van der Waals surface area (Å²) in [5.74, 6) is 0. The fourth-order valence-corrected chi connectivity index (χ4v) is 0. The Kier molecular flexibility index (Phi) is 2.75. The minimum absolute atomic E-state index is 0.302. The molecule has 0 aromatic heterocycles. The van der Waals surface area contributed by atoms with Gasteiger partial charge >= 0.3 is 0 Å². The number of halogens is 1. The average molecular weight is 110 g/mol. The molecule has 0 fully saturated rings. The molecule has 0 aliphatic heterocycles. The molecule has 30 valence electrons. The van der Waals surface area contributed by atoms with Crippen molar-refractivity contribution in [1.82, 2.24) is 0 Å². The van der Waals surface area contributed by atoms with Crippen LogP contribution in [0.5, 0.6) is 0 Å². The molecule has 3 heteroatoms. The van der Waals surface area contributed by atoms with Crippen molar-refractivity contribution in [3.05, 3.63) is 0 Å². The van der Waals surface area contributed by atoms with E-state index in [1.807, 2.05) is 0 Å². The summed E-state index contributed by atoms with van der Waals surface area (Å²) in [7, 11) is 0. The highest BCUT2D eigenvalue weighted by molar-refractivity contribution is 7.83. The van der Waals surface area contributed by atoms with Gasteiger partial charge in [0.1, 0.15) is 0 Å². The predicted octanol–water partition coefficient (Wildman–Crippen LogP) is 0.511. The van der Waals surface area contributed by atoms with Crippen LogP contribution in [-0.2, 0) is 0 Å². The van der Waals surface area contributed by atoms with Crippen LogP contribution in [0.4, 0.5) is 0 Å². The number of hydrogen-bond acceptors (Lipinski definition) is 2. The van der Waals surface area contributed by atoms with E-state index in [0.29, 0.717) is 10.9 Å². The molecule has 0 saturated carbocycles. The summed E-state index contributed by atoms with van der Waals surface area (Å²) < 4.78 is 0.338. The Labute approximate surface area is 41.1 Å². The van der Waals surface area contributed by atoms with E-state index in [1.54, 1.807) is 0 Å². The molecule has 0 aromatic carbocycles. The third-order valence-corrected chi connectivity index (χ3v) is 0.481. The molecule has 0 spiro atoms. The third-order valence-electron chi connectivity index (χ3n) is 0.160. The maximum Gasteiger partial charge on any atom is 0.0944 e. The number of hydrogen-bond donors (Lipinski definition) is 1. The summed E-state index contributed by atoms with van der Waals surface area (Å²) in [6.45, 7) is 0.302. The quantitative estimate of drug-likeness (QED) is 0.392. The van der Waals surface area contributed by atoms with Crippen LogP contribution in [0.1, 0.15) is 0 Å². The monoisotopic (exact) mass is 109 g/mol. The SMILES string of the molecule is NCC(=S)Cl. The number of rotatable bonds is 1. The largest absolute Gasteiger partial charge is 0.325 e. The average Bonchev–Trinajstić information content (AvgIpc) is 1.38. The van der Waals surface area contributed by atoms with Crippen molar-refractivity contribution in [3.63, 3.8) is 0 Å². The number of thiocarbonyl (C=S) groups is 1. The second-order valence-corrected chi connectivity index (χ2v) is 1.73. The lowest BCUT2D eigenvalue weighted by Crippen LogP contribution is -2.03. The summed E-state index contributed by atoms with van der Waals surface area (Å²) in [6.07, 6.45) is 0. The van der Waals surface area contributed by atoms with E-state index in [9.17, 15) is 0 Å². The first kappa shape index (κ1) is 5.34. The molecule has 0 rings (SSSR count). The Bertz CT molecular complexity index is 44.9. The van der Waals surface area contributed by atoms with Gasteiger partial charge < -0.3 is 5.73 Å². The van der Waals surface area contributed by atoms with Gasteiger partial charge in [-0.2, -0.15) is 0 Å². The smallest absolute Gasteiger partial charge is 0.0944 e. The molecule has 0 heterocycles. The number of nitrogens with two attached hydrogens (primary N) is 1. The molecule has 0 atom stereocenters. The van der Waals surface area contributed by atoms with E-state index >= 15 is 0 Å². The third kappa shape index (κ3) is 4.34. The standard InChI is InChI=1S/C2H4ClNS/c3-2(5)1-4/h1,4H2. The Hall–Kier alpha value is 0.340. The van der Waals surface area contributed by atoms with E-state index in [4.69, 9.17) is 17.3 Å². The van der Waals surface area contributed by atoms with Gasteiger partial charge in [0.15, 0.2) is 0 Å². The zero-order chi connectivity index (χ0) is 4.28. The molecule has 0 unspecified atom stereocenters. The van der Waals surface area contributed by atoms with Crippen molar-refractivity contribution in [3.8, 4) is 0 Å². The molecule has 0 aliphatic rings. The molecular formula is C2H4ClNS. The van der Waals surface area contributed by atoms with E-state index in [1.165, 1.54) is 0 Å². The van der Waals surface area contributed by atoms with Crippen LogP contribution < -0.4 is 5.73 Å². The highest BCUT2D eigenvalue weighted by Gasteiger charge is 1.74. The molecule has 2 N–H and O–H groups in total. The van der Waals surface area contributed by atoms with E-state index < -0.39 is 0 Å². The van der Waals surface area contributed by atoms with Crippen molar-refractivity contribution in [2.75, 3.05) is 6.54 Å². The first-order valence-electron chi connectivity index (χ1n) is 1.15. The fourth-order valence-electron chi connectivity index (χ4n) is 0. The lowest BCUT2D eigenvalue weighted by atomic mass is 10.8. The van der Waals surface area contributed by atoms with Gasteiger partial charge in [-0.15, -0.1) is 0 Å². The fraction of sp³-hybridized carbons (Fsp3) is 0.500. The highest BCUT2D eigenvalue weighted by atomic mass is 35.5. The van der Waals surface area contributed by atoms with Crippen LogP contribution in [0, 0.1) is 0 Å². The Morgan fingerprint density at radius 2 is 2.20 bits per heavy atom. The maximum absolute atomic E-state index is 5.07. The van der Waals surface area contributed by atoms with Gasteiger partial charge in [0.2, 0.25) is 0 Å². The van der Waals surface area contributed by atoms with Crippen molar-refractivity contribution >= 4 is 28.1 Å². The lowest BCUT2D eigenvalue weighted by Gasteiger charge is -1.74. The van der Waals surface area contributed by atoms with Gasteiger partial charge in [0, 0.05) is 6.54 Å². The van der Waals surface area contributed by atoms with Gasteiger partial charge in [-0.3, -0.25) is 0 Å². The Morgan fingerprint density at radius 3 is 2.20 bits per heavy atom. The van der Waals surface area contributed by atoms with Crippen molar-refractivity contribution < 1.29 is 0 Å². The summed E-state index contributed by atoms with van der Waals surface area (Å²) >= 11 is 9.41. The van der Waals surface area contributed by atoms with E-state index in [-0.39, 0.29) is 0 Å². The molecule has 0 saturated heterocycles. The van der Waals surface area contributed by atoms with Gasteiger partial charge in [-0.25, -0.2) is 0 Å². The van der Waals surface area contributed by atoms with Gasteiger partial charge in [-0.1, -0.05) is 23.8 Å². The van der Waals surface area contributed by atoms with Gasteiger partial charge in [-0.05, 0) is 0 Å². The Balaban J connectivity index is 2.85.